The molecule has 1 saturated heterocycles. The highest BCUT2D eigenvalue weighted by molar-refractivity contribution is 6.08. The lowest BCUT2D eigenvalue weighted by molar-refractivity contribution is -0.137. The molecule has 0 spiro atoms. The second kappa shape index (κ2) is 11.7. The molecule has 2 aromatic carbocycles. The van der Waals surface area contributed by atoms with Crippen molar-refractivity contribution in [3.63, 3.8) is 0 Å². The van der Waals surface area contributed by atoms with E-state index in [1.165, 1.54) is 17.9 Å². The smallest absolute Gasteiger partial charge is 0.247 e. The first kappa shape index (κ1) is 28.3. The number of carbonyl (C=O) groups excluding carboxylic acids is 3. The topological polar surface area (TPSA) is 130 Å². The number of likely N-dealkylation sites (tertiary alicyclic amines) is 1. The zero-order valence-corrected chi connectivity index (χ0v) is 23.1. The molecule has 2 amide bonds. The number of rotatable bonds is 8. The summed E-state index contributed by atoms with van der Waals surface area (Å²) in [5.74, 6) is -1.21. The predicted molar refractivity (Wildman–Crippen MR) is 156 cm³/mol. The molecule has 216 valence electrons. The highest BCUT2D eigenvalue weighted by Gasteiger charge is 2.40. The Kier molecular flexibility index (Phi) is 7.92. The molecule has 0 aliphatic carbocycles. The van der Waals surface area contributed by atoms with E-state index in [1.54, 1.807) is 58.0 Å². The third-order valence-corrected chi connectivity index (χ3v) is 7.39. The summed E-state index contributed by atoms with van der Waals surface area (Å²) in [4.78, 5) is 40.6. The van der Waals surface area contributed by atoms with Crippen molar-refractivity contribution in [2.45, 2.75) is 39.0 Å². The van der Waals surface area contributed by atoms with Gasteiger partial charge in [-0.05, 0) is 55.8 Å². The molecule has 0 bridgehead atoms. The van der Waals surface area contributed by atoms with Gasteiger partial charge in [-0.1, -0.05) is 18.2 Å². The van der Waals surface area contributed by atoms with Gasteiger partial charge < -0.3 is 25.0 Å². The van der Waals surface area contributed by atoms with Crippen LogP contribution in [0.15, 0.2) is 79.5 Å². The molecule has 3 N–H and O–H groups in total. The number of aliphatic hydroxyl groups excluding tert-OH is 2. The van der Waals surface area contributed by atoms with E-state index in [2.05, 4.69) is 10.4 Å². The molecule has 1 aliphatic heterocycles. The second-order valence-electron chi connectivity index (χ2n) is 10.1. The van der Waals surface area contributed by atoms with Crippen molar-refractivity contribution in [1.29, 1.82) is 0 Å². The van der Waals surface area contributed by atoms with E-state index in [0.29, 0.717) is 39.0 Å². The van der Waals surface area contributed by atoms with E-state index >= 15 is 0 Å². The van der Waals surface area contributed by atoms with Gasteiger partial charge in [0.1, 0.15) is 18.8 Å². The highest BCUT2D eigenvalue weighted by atomic mass is 19.1. The maximum atomic E-state index is 14.7. The van der Waals surface area contributed by atoms with Gasteiger partial charge >= 0.3 is 0 Å². The van der Waals surface area contributed by atoms with Crippen LogP contribution in [0.4, 0.5) is 10.1 Å². The maximum Gasteiger partial charge on any atom is 0.247 e. The summed E-state index contributed by atoms with van der Waals surface area (Å²) in [7, 11) is 0. The van der Waals surface area contributed by atoms with Crippen LogP contribution in [0.2, 0.25) is 0 Å². The molecular weight excluding hydrogens is 541 g/mol. The van der Waals surface area contributed by atoms with Gasteiger partial charge in [0.15, 0.2) is 5.78 Å². The summed E-state index contributed by atoms with van der Waals surface area (Å²) < 4.78 is 17.9. The van der Waals surface area contributed by atoms with Crippen LogP contribution in [0.3, 0.4) is 0 Å². The minimum Gasteiger partial charge on any atom is -0.516 e. The molecule has 42 heavy (non-hydrogen) atoms. The molecule has 0 radical (unpaired) electrons. The van der Waals surface area contributed by atoms with Gasteiger partial charge in [0.2, 0.25) is 11.8 Å². The number of halogens is 1. The summed E-state index contributed by atoms with van der Waals surface area (Å²) in [6, 6.07) is 13.0. The van der Waals surface area contributed by atoms with E-state index in [9.17, 15) is 23.9 Å². The summed E-state index contributed by atoms with van der Waals surface area (Å²) in [6.07, 6.45) is 4.63. The van der Waals surface area contributed by atoms with Gasteiger partial charge in [-0.3, -0.25) is 14.4 Å². The van der Waals surface area contributed by atoms with Crippen LogP contribution in [0, 0.1) is 6.92 Å². The molecule has 11 heteroatoms. The van der Waals surface area contributed by atoms with E-state index in [-0.39, 0.29) is 25.3 Å². The molecule has 0 saturated carbocycles. The number of Topliss-reactive ketones (excluding diaryl/α,β-unsaturated/α-hetero) is 1. The van der Waals surface area contributed by atoms with Crippen molar-refractivity contribution in [2.24, 2.45) is 0 Å². The SMILES string of the molecule is CC(=O)c1cn(CC(=O)N2C[C@H](F)C[C@H]2C(=O)Nc2ccccc2-n2nccc2C)c2ccc(C(/C=C\O)=C/O)cc12. The van der Waals surface area contributed by atoms with Crippen LogP contribution in [0.5, 0.6) is 0 Å². The first-order valence-electron chi connectivity index (χ1n) is 13.4. The number of aliphatic hydroxyl groups is 2. The molecule has 10 nitrogen and oxygen atoms in total. The van der Waals surface area contributed by atoms with Crippen molar-refractivity contribution >= 4 is 39.8 Å². The number of anilines is 1. The Balaban J connectivity index is 1.40. The van der Waals surface area contributed by atoms with Crippen molar-refractivity contribution in [1.82, 2.24) is 19.2 Å². The van der Waals surface area contributed by atoms with Crippen LogP contribution >= 0.6 is 0 Å². The number of hydrogen-bond acceptors (Lipinski definition) is 6. The van der Waals surface area contributed by atoms with Gasteiger partial charge in [-0.15, -0.1) is 0 Å². The summed E-state index contributed by atoms with van der Waals surface area (Å²) in [6.45, 7) is 2.84. The van der Waals surface area contributed by atoms with E-state index in [0.717, 1.165) is 18.2 Å². The Bertz CT molecular complexity index is 1740. The van der Waals surface area contributed by atoms with Crippen LogP contribution in [0.25, 0.3) is 22.2 Å². The quantitative estimate of drug-likeness (QED) is 0.157. The number of nitrogens with zero attached hydrogens (tertiary/aromatic N) is 4. The Morgan fingerprint density at radius 3 is 2.62 bits per heavy atom. The van der Waals surface area contributed by atoms with Gasteiger partial charge in [-0.2, -0.15) is 5.10 Å². The zero-order valence-electron chi connectivity index (χ0n) is 23.1. The lowest BCUT2D eigenvalue weighted by Gasteiger charge is -2.24. The zero-order chi connectivity index (χ0) is 30.0. The average Bonchev–Trinajstić information content (AvgIpc) is 3.68. The van der Waals surface area contributed by atoms with Crippen molar-refractivity contribution in [3.8, 4) is 5.69 Å². The molecule has 3 heterocycles. The number of hydrogen-bond donors (Lipinski definition) is 3. The summed E-state index contributed by atoms with van der Waals surface area (Å²) in [5.41, 5.74) is 3.78. The molecule has 1 fully saturated rings. The van der Waals surface area contributed by atoms with Crippen LogP contribution < -0.4 is 5.32 Å². The number of fused-ring (bicyclic) bond motifs is 1. The lowest BCUT2D eigenvalue weighted by Crippen LogP contribution is -2.44. The second-order valence-corrected chi connectivity index (χ2v) is 10.1. The van der Waals surface area contributed by atoms with E-state index in [1.807, 2.05) is 19.1 Å². The molecule has 5 rings (SSSR count). The number of ketones is 1. The highest BCUT2D eigenvalue weighted by Crippen LogP contribution is 2.29. The summed E-state index contributed by atoms with van der Waals surface area (Å²) in [5, 5.41) is 26.4. The number of nitrogens with one attached hydrogen (secondary N) is 1. The number of benzene rings is 2. The Hall–Kier alpha value is -5.19. The number of para-hydroxylation sites is 2. The first-order chi connectivity index (χ1) is 20.2. The number of amides is 2. The Morgan fingerprint density at radius 1 is 1.14 bits per heavy atom. The van der Waals surface area contributed by atoms with Crippen LogP contribution in [0.1, 0.15) is 35.0 Å². The van der Waals surface area contributed by atoms with E-state index < -0.39 is 24.0 Å². The summed E-state index contributed by atoms with van der Waals surface area (Å²) >= 11 is 0. The van der Waals surface area contributed by atoms with Gasteiger partial charge in [0.05, 0.1) is 30.4 Å². The van der Waals surface area contributed by atoms with Crippen LogP contribution in [-0.2, 0) is 16.1 Å². The largest absolute Gasteiger partial charge is 0.516 e. The van der Waals surface area contributed by atoms with Gasteiger partial charge in [0, 0.05) is 46.5 Å². The number of alkyl halides is 1. The predicted octanol–water partition coefficient (Wildman–Crippen LogP) is 4.89. The fourth-order valence-corrected chi connectivity index (χ4v) is 5.33. The third-order valence-electron chi connectivity index (χ3n) is 7.39. The normalized spacial score (nSPS) is 17.3. The van der Waals surface area contributed by atoms with E-state index in [4.69, 9.17) is 5.11 Å². The minimum absolute atomic E-state index is 0.135. The van der Waals surface area contributed by atoms with Crippen LogP contribution in [-0.4, -0.2) is 65.8 Å². The standard InChI is InChI=1S/C31H30FN5O5/c1-19-9-11-33-37(19)28-6-4-3-5-26(28)34-31(42)29-14-23(32)15-36(29)30(41)17-35-16-25(20(2)40)24-13-21(7-8-27(24)35)22(18-39)10-12-38/h3-13,16,18,23,29,38-39H,14-15,17H2,1-2H3,(H,34,42)/b12-10-,22-18+/t23-,29+/m1/s1. The maximum absolute atomic E-state index is 14.7. The Labute approximate surface area is 241 Å². The number of aromatic nitrogens is 3. The molecule has 4 aromatic rings. The van der Waals surface area contributed by atoms with Crippen molar-refractivity contribution in [2.75, 3.05) is 11.9 Å². The molecular formula is C31H30FN5O5. The number of carbonyl (C=O) groups is 3. The monoisotopic (exact) mass is 571 g/mol. The average molecular weight is 572 g/mol. The molecule has 1 aliphatic rings. The van der Waals surface area contributed by atoms with Crippen molar-refractivity contribution < 1.29 is 29.0 Å². The lowest BCUT2D eigenvalue weighted by atomic mass is 10.0. The minimum atomic E-state index is -1.37. The number of aryl methyl sites for hydroxylation is 1. The molecule has 2 aromatic heterocycles. The molecule has 2 atom stereocenters. The molecule has 0 unspecified atom stereocenters. The Morgan fingerprint density at radius 2 is 1.93 bits per heavy atom. The fraction of sp³-hybridized carbons (Fsp3) is 0.226. The van der Waals surface area contributed by atoms with Gasteiger partial charge in [-0.25, -0.2) is 9.07 Å². The number of allylic oxidation sites excluding steroid dienone is 2. The first-order valence-corrected chi connectivity index (χ1v) is 13.4. The third kappa shape index (κ3) is 5.40. The van der Waals surface area contributed by atoms with Crippen molar-refractivity contribution in [3.05, 3.63) is 96.3 Å². The fourth-order valence-electron chi connectivity index (χ4n) is 5.33. The van der Waals surface area contributed by atoms with Gasteiger partial charge in [0.25, 0.3) is 0 Å².